The molecule has 1 atom stereocenters. The molecule has 0 saturated carbocycles. The van der Waals surface area contributed by atoms with E-state index in [1.165, 1.54) is 6.39 Å². The highest BCUT2D eigenvalue weighted by Crippen LogP contribution is 2.20. The smallest absolute Gasteiger partial charge is 0.247 e. The molecule has 1 aromatic heterocycles. The molecule has 0 aliphatic rings. The lowest BCUT2D eigenvalue weighted by molar-refractivity contribution is -0.117. The first-order chi connectivity index (χ1) is 9.56. The molecule has 3 N–H and O–H groups in total. The summed E-state index contributed by atoms with van der Waals surface area (Å²) in [4.78, 5) is 12.0. The molecular formula is C14H18N4O2. The van der Waals surface area contributed by atoms with E-state index in [9.17, 15) is 4.79 Å². The van der Waals surface area contributed by atoms with Crippen molar-refractivity contribution in [3.8, 4) is 11.5 Å². The SMILES string of the molecule is CC(C)C[C@H](N)C(=O)Nc1cccc(-c2nnco2)c1. The van der Waals surface area contributed by atoms with Gasteiger partial charge < -0.3 is 15.5 Å². The van der Waals surface area contributed by atoms with Crippen LogP contribution in [0.2, 0.25) is 0 Å². The summed E-state index contributed by atoms with van der Waals surface area (Å²) >= 11 is 0. The number of nitrogens with zero attached hydrogens (tertiary/aromatic N) is 2. The van der Waals surface area contributed by atoms with Gasteiger partial charge in [-0.2, -0.15) is 0 Å². The first-order valence-corrected chi connectivity index (χ1v) is 6.49. The Kier molecular flexibility index (Phi) is 4.47. The van der Waals surface area contributed by atoms with Crippen LogP contribution in [-0.4, -0.2) is 22.1 Å². The minimum absolute atomic E-state index is 0.193. The Morgan fingerprint density at radius 3 is 2.90 bits per heavy atom. The molecule has 0 radical (unpaired) electrons. The maximum absolute atomic E-state index is 12.0. The van der Waals surface area contributed by atoms with E-state index in [0.29, 0.717) is 23.9 Å². The van der Waals surface area contributed by atoms with Gasteiger partial charge in [0.2, 0.25) is 18.2 Å². The summed E-state index contributed by atoms with van der Waals surface area (Å²) in [6.07, 6.45) is 1.91. The van der Waals surface area contributed by atoms with Crippen LogP contribution in [0.15, 0.2) is 35.1 Å². The molecule has 0 bridgehead atoms. The maximum Gasteiger partial charge on any atom is 0.247 e. The van der Waals surface area contributed by atoms with Gasteiger partial charge in [-0.05, 0) is 30.5 Å². The molecule has 0 spiro atoms. The molecule has 0 unspecified atom stereocenters. The van der Waals surface area contributed by atoms with Crippen LogP contribution >= 0.6 is 0 Å². The topological polar surface area (TPSA) is 94.0 Å². The minimum atomic E-state index is -0.512. The molecule has 20 heavy (non-hydrogen) atoms. The van der Waals surface area contributed by atoms with E-state index < -0.39 is 6.04 Å². The zero-order chi connectivity index (χ0) is 14.5. The Bertz CT molecular complexity index is 566. The summed E-state index contributed by atoms with van der Waals surface area (Å²) in [5.74, 6) is 0.592. The molecule has 1 heterocycles. The van der Waals surface area contributed by atoms with E-state index >= 15 is 0 Å². The summed E-state index contributed by atoms with van der Waals surface area (Å²) in [6.45, 7) is 4.06. The van der Waals surface area contributed by atoms with Crippen molar-refractivity contribution in [1.82, 2.24) is 10.2 Å². The Labute approximate surface area is 117 Å². The molecule has 0 fully saturated rings. The predicted molar refractivity (Wildman–Crippen MR) is 75.8 cm³/mol. The quantitative estimate of drug-likeness (QED) is 0.870. The lowest BCUT2D eigenvalue weighted by Crippen LogP contribution is -2.36. The van der Waals surface area contributed by atoms with E-state index in [1.807, 2.05) is 26.0 Å². The van der Waals surface area contributed by atoms with Gasteiger partial charge in [-0.15, -0.1) is 10.2 Å². The van der Waals surface area contributed by atoms with E-state index in [0.717, 1.165) is 5.56 Å². The number of nitrogens with two attached hydrogens (primary N) is 1. The highest BCUT2D eigenvalue weighted by atomic mass is 16.4. The van der Waals surface area contributed by atoms with Crippen molar-refractivity contribution in [3.63, 3.8) is 0 Å². The third kappa shape index (κ3) is 3.64. The van der Waals surface area contributed by atoms with E-state index in [2.05, 4.69) is 15.5 Å². The number of hydrogen-bond donors (Lipinski definition) is 2. The number of rotatable bonds is 5. The van der Waals surface area contributed by atoms with Gasteiger partial charge in [0.05, 0.1) is 6.04 Å². The normalized spacial score (nSPS) is 12.4. The van der Waals surface area contributed by atoms with Gasteiger partial charge in [0.15, 0.2) is 0 Å². The number of carbonyl (C=O) groups is 1. The Hall–Kier alpha value is -2.21. The Morgan fingerprint density at radius 1 is 1.45 bits per heavy atom. The van der Waals surface area contributed by atoms with Crippen molar-refractivity contribution < 1.29 is 9.21 Å². The van der Waals surface area contributed by atoms with Crippen molar-refractivity contribution in [2.45, 2.75) is 26.3 Å². The van der Waals surface area contributed by atoms with Gasteiger partial charge in [-0.1, -0.05) is 19.9 Å². The summed E-state index contributed by atoms with van der Waals surface area (Å²) in [7, 11) is 0. The van der Waals surface area contributed by atoms with Crippen LogP contribution in [0.4, 0.5) is 5.69 Å². The van der Waals surface area contributed by atoms with E-state index in [4.69, 9.17) is 10.2 Å². The van der Waals surface area contributed by atoms with Crippen LogP contribution in [0.1, 0.15) is 20.3 Å². The zero-order valence-corrected chi connectivity index (χ0v) is 11.5. The monoisotopic (exact) mass is 274 g/mol. The molecule has 2 aromatic rings. The van der Waals surface area contributed by atoms with Gasteiger partial charge in [-0.3, -0.25) is 4.79 Å². The zero-order valence-electron chi connectivity index (χ0n) is 11.5. The summed E-state index contributed by atoms with van der Waals surface area (Å²) in [5.41, 5.74) is 7.25. The highest BCUT2D eigenvalue weighted by Gasteiger charge is 2.15. The molecule has 6 heteroatoms. The van der Waals surface area contributed by atoms with Crippen LogP contribution in [0.3, 0.4) is 0 Å². The van der Waals surface area contributed by atoms with Gasteiger partial charge in [-0.25, -0.2) is 0 Å². The molecule has 6 nitrogen and oxygen atoms in total. The van der Waals surface area contributed by atoms with Gasteiger partial charge in [0, 0.05) is 11.3 Å². The molecular weight excluding hydrogens is 256 g/mol. The fourth-order valence-corrected chi connectivity index (χ4v) is 1.88. The largest absolute Gasteiger partial charge is 0.423 e. The molecule has 0 saturated heterocycles. The minimum Gasteiger partial charge on any atom is -0.423 e. The number of hydrogen-bond acceptors (Lipinski definition) is 5. The van der Waals surface area contributed by atoms with Crippen LogP contribution in [0.5, 0.6) is 0 Å². The van der Waals surface area contributed by atoms with E-state index in [1.54, 1.807) is 12.1 Å². The van der Waals surface area contributed by atoms with Crippen LogP contribution in [0.25, 0.3) is 11.5 Å². The van der Waals surface area contributed by atoms with Crippen LogP contribution < -0.4 is 11.1 Å². The average Bonchev–Trinajstić information content (AvgIpc) is 2.92. The lowest BCUT2D eigenvalue weighted by atomic mass is 10.0. The number of carbonyl (C=O) groups excluding carboxylic acids is 1. The highest BCUT2D eigenvalue weighted by molar-refractivity contribution is 5.95. The number of amides is 1. The van der Waals surface area contributed by atoms with Gasteiger partial charge in [0.1, 0.15) is 0 Å². The Balaban J connectivity index is 2.07. The van der Waals surface area contributed by atoms with Crippen molar-refractivity contribution in [3.05, 3.63) is 30.7 Å². The summed E-state index contributed by atoms with van der Waals surface area (Å²) in [6, 6.07) is 6.69. The molecule has 0 aliphatic heterocycles. The standard InChI is InChI=1S/C14H18N4O2/c1-9(2)6-12(15)13(19)17-11-5-3-4-10(7-11)14-18-16-8-20-14/h3-5,7-9,12H,6,15H2,1-2H3,(H,17,19)/t12-/m0/s1. The number of aromatic nitrogens is 2. The van der Waals surface area contributed by atoms with Gasteiger partial charge in [0.25, 0.3) is 0 Å². The lowest BCUT2D eigenvalue weighted by Gasteiger charge is -2.14. The third-order valence-corrected chi connectivity index (χ3v) is 2.80. The third-order valence-electron chi connectivity index (χ3n) is 2.80. The van der Waals surface area contributed by atoms with Gasteiger partial charge >= 0.3 is 0 Å². The number of nitrogens with one attached hydrogen (secondary N) is 1. The molecule has 2 rings (SSSR count). The van der Waals surface area contributed by atoms with Crippen LogP contribution in [-0.2, 0) is 4.79 Å². The van der Waals surface area contributed by atoms with Crippen molar-refractivity contribution in [1.29, 1.82) is 0 Å². The fourth-order valence-electron chi connectivity index (χ4n) is 1.88. The second-order valence-electron chi connectivity index (χ2n) is 5.05. The van der Waals surface area contributed by atoms with Crippen LogP contribution in [0, 0.1) is 5.92 Å². The molecule has 0 aliphatic carbocycles. The summed E-state index contributed by atoms with van der Waals surface area (Å²) in [5, 5.41) is 10.2. The average molecular weight is 274 g/mol. The van der Waals surface area contributed by atoms with E-state index in [-0.39, 0.29) is 5.91 Å². The second-order valence-corrected chi connectivity index (χ2v) is 5.05. The summed E-state index contributed by atoms with van der Waals surface area (Å²) < 4.78 is 5.12. The maximum atomic E-state index is 12.0. The van der Waals surface area contributed by atoms with Crippen molar-refractivity contribution in [2.24, 2.45) is 11.7 Å². The molecule has 106 valence electrons. The number of benzene rings is 1. The second kappa shape index (κ2) is 6.29. The van der Waals surface area contributed by atoms with Crippen molar-refractivity contribution in [2.75, 3.05) is 5.32 Å². The van der Waals surface area contributed by atoms with Crippen molar-refractivity contribution >= 4 is 11.6 Å². The number of anilines is 1. The predicted octanol–water partition coefficient (Wildman–Crippen LogP) is 2.05. The first kappa shape index (κ1) is 14.2. The Morgan fingerprint density at radius 2 is 2.25 bits per heavy atom. The molecule has 1 aromatic carbocycles. The molecule has 1 amide bonds. The first-order valence-electron chi connectivity index (χ1n) is 6.49. The fraction of sp³-hybridized carbons (Fsp3) is 0.357.